The minimum atomic E-state index is -0.986. The Balaban J connectivity index is 2.05. The maximum Gasteiger partial charge on any atom is 0.335 e. The van der Waals surface area contributed by atoms with Crippen molar-refractivity contribution < 1.29 is 9.90 Å². The van der Waals surface area contributed by atoms with E-state index in [0.29, 0.717) is 22.3 Å². The van der Waals surface area contributed by atoms with E-state index in [9.17, 15) is 4.79 Å². The highest BCUT2D eigenvalue weighted by Crippen LogP contribution is 2.24. The second-order valence-electron chi connectivity index (χ2n) is 4.03. The number of aromatic carboxylic acids is 1. The molecule has 3 aromatic rings. The number of hydrogen-bond donors (Lipinski definition) is 2. The largest absolute Gasteiger partial charge is 0.478 e. The quantitative estimate of drug-likeness (QED) is 0.761. The number of rotatable bonds is 3. The van der Waals surface area contributed by atoms with Crippen LogP contribution in [-0.2, 0) is 0 Å². The molecule has 0 amide bonds. The zero-order valence-corrected chi connectivity index (χ0v) is 11.2. The number of hydrogen-bond acceptors (Lipinski definition) is 7. The third kappa shape index (κ3) is 2.28. The number of carbonyl (C=O) groups is 1. The van der Waals surface area contributed by atoms with E-state index in [1.54, 1.807) is 13.0 Å². The highest BCUT2D eigenvalue weighted by molar-refractivity contribution is 7.09. The number of fused-ring (bicyclic) bond motifs is 1. The van der Waals surface area contributed by atoms with Crippen molar-refractivity contribution in [2.75, 3.05) is 5.32 Å². The fourth-order valence-electron chi connectivity index (χ4n) is 1.74. The maximum atomic E-state index is 10.9. The van der Waals surface area contributed by atoms with Crippen molar-refractivity contribution in [3.05, 3.63) is 35.9 Å². The minimum absolute atomic E-state index is 0.189. The van der Waals surface area contributed by atoms with Crippen molar-refractivity contribution in [3.8, 4) is 0 Å². The van der Waals surface area contributed by atoms with Gasteiger partial charge < -0.3 is 10.4 Å². The maximum absolute atomic E-state index is 10.9. The van der Waals surface area contributed by atoms with Crippen molar-refractivity contribution in [1.82, 2.24) is 19.3 Å². The van der Waals surface area contributed by atoms with Gasteiger partial charge in [0.15, 0.2) is 0 Å². The van der Waals surface area contributed by atoms with Crippen LogP contribution < -0.4 is 5.32 Å². The summed E-state index contributed by atoms with van der Waals surface area (Å²) in [6, 6.07) is 4.70. The van der Waals surface area contributed by atoms with Crippen LogP contribution >= 0.6 is 11.5 Å². The van der Waals surface area contributed by atoms with E-state index < -0.39 is 5.97 Å². The van der Waals surface area contributed by atoms with Crippen LogP contribution in [0, 0.1) is 6.92 Å². The first-order valence-electron chi connectivity index (χ1n) is 5.69. The summed E-state index contributed by atoms with van der Waals surface area (Å²) in [5.41, 5.74) is 0.748. The molecule has 0 saturated carbocycles. The highest BCUT2D eigenvalue weighted by atomic mass is 32.1. The van der Waals surface area contributed by atoms with Crippen LogP contribution in [0.4, 0.5) is 10.9 Å². The molecule has 1 aromatic carbocycles. The number of nitrogens with one attached hydrogen (secondary N) is 1. The minimum Gasteiger partial charge on any atom is -0.478 e. The molecule has 8 heteroatoms. The predicted octanol–water partition coefficient (Wildman–Crippen LogP) is 2.23. The van der Waals surface area contributed by atoms with Gasteiger partial charge in [0.2, 0.25) is 5.13 Å². The molecule has 0 aliphatic heterocycles. The molecule has 0 unspecified atom stereocenters. The molecule has 0 saturated heterocycles. The van der Waals surface area contributed by atoms with Gasteiger partial charge in [-0.15, -0.1) is 0 Å². The molecule has 20 heavy (non-hydrogen) atoms. The van der Waals surface area contributed by atoms with E-state index in [1.165, 1.54) is 30.0 Å². The van der Waals surface area contributed by atoms with Crippen LogP contribution in [0.1, 0.15) is 16.2 Å². The Bertz CT molecular complexity index is 801. The standard InChI is InChI=1S/C12H9N5O2S/c1-6-15-12(20-17-6)16-10-8-3-2-7(11(18)19)4-9(8)13-5-14-10/h2-5H,1H3,(H,18,19)(H,13,14,15,16,17). The van der Waals surface area contributed by atoms with Gasteiger partial charge in [-0.3, -0.25) is 0 Å². The number of benzene rings is 1. The fraction of sp³-hybridized carbons (Fsp3) is 0.0833. The molecule has 2 N–H and O–H groups in total. The molecular formula is C12H9N5O2S. The van der Waals surface area contributed by atoms with Crippen LogP contribution in [0.3, 0.4) is 0 Å². The summed E-state index contributed by atoms with van der Waals surface area (Å²) in [6.45, 7) is 1.80. The average molecular weight is 287 g/mol. The SMILES string of the molecule is Cc1nsc(Nc2ncnc3cc(C(=O)O)ccc23)n1. The van der Waals surface area contributed by atoms with Gasteiger partial charge in [0, 0.05) is 16.9 Å². The van der Waals surface area contributed by atoms with Crippen molar-refractivity contribution in [3.63, 3.8) is 0 Å². The molecule has 0 aliphatic carbocycles. The van der Waals surface area contributed by atoms with Gasteiger partial charge in [0.1, 0.15) is 18.0 Å². The summed E-state index contributed by atoms with van der Waals surface area (Å²) >= 11 is 1.23. The van der Waals surface area contributed by atoms with E-state index >= 15 is 0 Å². The first-order chi connectivity index (χ1) is 9.63. The molecule has 2 heterocycles. The average Bonchev–Trinajstić information content (AvgIpc) is 2.84. The van der Waals surface area contributed by atoms with Crippen LogP contribution in [-0.4, -0.2) is 30.4 Å². The Morgan fingerprint density at radius 2 is 2.20 bits per heavy atom. The van der Waals surface area contributed by atoms with Crippen molar-refractivity contribution in [1.29, 1.82) is 0 Å². The second kappa shape index (κ2) is 4.82. The van der Waals surface area contributed by atoms with E-state index in [4.69, 9.17) is 5.11 Å². The van der Waals surface area contributed by atoms with Gasteiger partial charge >= 0.3 is 5.97 Å². The van der Waals surface area contributed by atoms with E-state index in [-0.39, 0.29) is 5.56 Å². The number of aryl methyl sites for hydroxylation is 1. The molecule has 0 spiro atoms. The van der Waals surface area contributed by atoms with Crippen molar-refractivity contribution in [2.45, 2.75) is 6.92 Å². The summed E-state index contributed by atoms with van der Waals surface area (Å²) in [7, 11) is 0. The molecule has 0 atom stereocenters. The molecule has 7 nitrogen and oxygen atoms in total. The van der Waals surface area contributed by atoms with Crippen LogP contribution in [0.25, 0.3) is 10.9 Å². The molecule has 0 aliphatic rings. The predicted molar refractivity (Wildman–Crippen MR) is 74.4 cm³/mol. The van der Waals surface area contributed by atoms with Gasteiger partial charge in [0.25, 0.3) is 0 Å². The molecule has 3 rings (SSSR count). The van der Waals surface area contributed by atoms with Crippen LogP contribution in [0.5, 0.6) is 0 Å². The topological polar surface area (TPSA) is 101 Å². The Hall–Kier alpha value is -2.61. The Labute approximate surface area is 117 Å². The lowest BCUT2D eigenvalue weighted by atomic mass is 10.1. The van der Waals surface area contributed by atoms with Gasteiger partial charge in [-0.05, 0) is 25.1 Å². The number of carboxylic acid groups (broad SMARTS) is 1. The van der Waals surface area contributed by atoms with Gasteiger partial charge in [-0.2, -0.15) is 4.37 Å². The zero-order valence-electron chi connectivity index (χ0n) is 10.4. The normalized spacial score (nSPS) is 10.7. The van der Waals surface area contributed by atoms with E-state index in [0.717, 1.165) is 5.39 Å². The van der Waals surface area contributed by atoms with Crippen molar-refractivity contribution in [2.24, 2.45) is 0 Å². The zero-order chi connectivity index (χ0) is 14.1. The summed E-state index contributed by atoms with van der Waals surface area (Å²) in [4.78, 5) is 23.4. The lowest BCUT2D eigenvalue weighted by molar-refractivity contribution is 0.0697. The Morgan fingerprint density at radius 1 is 1.35 bits per heavy atom. The molecule has 0 fully saturated rings. The first kappa shape index (κ1) is 12.4. The van der Waals surface area contributed by atoms with E-state index in [2.05, 4.69) is 24.6 Å². The second-order valence-corrected chi connectivity index (χ2v) is 4.78. The van der Waals surface area contributed by atoms with E-state index in [1.807, 2.05) is 0 Å². The summed E-state index contributed by atoms with van der Waals surface area (Å²) in [5, 5.41) is 13.4. The lowest BCUT2D eigenvalue weighted by Gasteiger charge is -2.05. The lowest BCUT2D eigenvalue weighted by Crippen LogP contribution is -1.99. The monoisotopic (exact) mass is 287 g/mol. The molecule has 0 bridgehead atoms. The first-order valence-corrected chi connectivity index (χ1v) is 6.46. The molecule has 0 radical (unpaired) electrons. The smallest absolute Gasteiger partial charge is 0.335 e. The number of anilines is 2. The van der Waals surface area contributed by atoms with Gasteiger partial charge in [0.05, 0.1) is 11.1 Å². The fourth-order valence-corrected chi connectivity index (χ4v) is 2.31. The molecular weight excluding hydrogens is 278 g/mol. The van der Waals surface area contributed by atoms with Gasteiger partial charge in [-0.1, -0.05) is 0 Å². The number of aromatic nitrogens is 4. The van der Waals surface area contributed by atoms with Crippen molar-refractivity contribution >= 4 is 39.4 Å². The molecule has 2 aromatic heterocycles. The third-order valence-electron chi connectivity index (χ3n) is 2.64. The summed E-state index contributed by atoms with van der Waals surface area (Å²) < 4.78 is 4.08. The van der Waals surface area contributed by atoms with Crippen LogP contribution in [0.15, 0.2) is 24.5 Å². The summed E-state index contributed by atoms with van der Waals surface area (Å²) in [5.74, 6) is 0.270. The number of nitrogens with zero attached hydrogens (tertiary/aromatic N) is 4. The highest BCUT2D eigenvalue weighted by Gasteiger charge is 2.09. The Kier molecular flexibility index (Phi) is 2.99. The Morgan fingerprint density at radius 3 is 2.90 bits per heavy atom. The third-order valence-corrected chi connectivity index (χ3v) is 3.36. The summed E-state index contributed by atoms with van der Waals surface area (Å²) in [6.07, 6.45) is 1.38. The number of carboxylic acids is 1. The molecule has 100 valence electrons. The van der Waals surface area contributed by atoms with Gasteiger partial charge in [-0.25, -0.2) is 19.7 Å². The van der Waals surface area contributed by atoms with Crippen LogP contribution in [0.2, 0.25) is 0 Å².